The highest BCUT2D eigenvalue weighted by Crippen LogP contribution is 2.45. The van der Waals surface area contributed by atoms with Gasteiger partial charge in [0.25, 0.3) is 5.69 Å². The largest absolute Gasteiger partial charge is 0.465 e. The minimum Gasteiger partial charge on any atom is -0.465 e. The number of nitrogens with one attached hydrogen (secondary N) is 2. The zero-order valence-electron chi connectivity index (χ0n) is 18.4. The van der Waals surface area contributed by atoms with Crippen LogP contribution in [0.3, 0.4) is 0 Å². The molecule has 1 atom stereocenters. The highest BCUT2D eigenvalue weighted by atomic mass is 79.9. The van der Waals surface area contributed by atoms with E-state index in [1.165, 1.54) is 0 Å². The predicted molar refractivity (Wildman–Crippen MR) is 133 cm³/mol. The Morgan fingerprint density at radius 2 is 1.74 bits per heavy atom. The van der Waals surface area contributed by atoms with E-state index >= 15 is 0 Å². The summed E-state index contributed by atoms with van der Waals surface area (Å²) in [6.45, 7) is 0. The van der Waals surface area contributed by atoms with Crippen molar-refractivity contribution in [2.45, 2.75) is 32.0 Å². The number of halogens is 7. The minimum atomic E-state index is -4.89. The lowest BCUT2D eigenvalue weighted by molar-refractivity contribution is -0.385. The first-order valence-corrected chi connectivity index (χ1v) is 11.7. The summed E-state index contributed by atoms with van der Waals surface area (Å²) >= 11 is 5.68. The summed E-state index contributed by atoms with van der Waals surface area (Å²) in [5.74, 6) is 1.99. The van der Waals surface area contributed by atoms with Gasteiger partial charge in [0.2, 0.25) is 5.54 Å². The first-order chi connectivity index (χ1) is 17.2. The van der Waals surface area contributed by atoms with Crippen LogP contribution in [0.4, 0.5) is 38.1 Å². The Hall–Kier alpha value is -3.25. The lowest BCUT2D eigenvalue weighted by Gasteiger charge is -2.37. The molecule has 1 heterocycles. The fourth-order valence-corrected chi connectivity index (χ4v) is 3.82. The maximum atomic E-state index is 13.7. The molecule has 38 heavy (non-hydrogen) atoms. The lowest BCUT2D eigenvalue weighted by Crippen LogP contribution is -2.59. The van der Waals surface area contributed by atoms with E-state index in [1.54, 1.807) is 0 Å². The molecule has 0 saturated heterocycles. The lowest BCUT2D eigenvalue weighted by atomic mass is 9.86. The van der Waals surface area contributed by atoms with Gasteiger partial charge in [-0.15, -0.1) is 0 Å². The number of alkyl halides is 3. The molecule has 2 N–H and O–H groups in total. The van der Waals surface area contributed by atoms with Crippen molar-refractivity contribution in [3.05, 3.63) is 66.1 Å². The molecule has 15 heteroatoms. The Balaban J connectivity index is 0.000000280. The van der Waals surface area contributed by atoms with Gasteiger partial charge in [-0.25, -0.2) is 18.4 Å². The van der Waals surface area contributed by atoms with Crippen LogP contribution in [-0.4, -0.2) is 30.2 Å². The van der Waals surface area contributed by atoms with Gasteiger partial charge in [-0.3, -0.25) is 10.1 Å². The van der Waals surface area contributed by atoms with Gasteiger partial charge in [-0.1, -0.05) is 19.3 Å². The van der Waals surface area contributed by atoms with Crippen molar-refractivity contribution in [1.29, 1.82) is 0 Å². The van der Waals surface area contributed by atoms with E-state index in [0.29, 0.717) is 0 Å². The van der Waals surface area contributed by atoms with Gasteiger partial charge in [-0.2, -0.15) is 13.2 Å². The van der Waals surface area contributed by atoms with E-state index in [0.717, 1.165) is 44.2 Å². The number of hydrogen-bond acceptors (Lipinski definition) is 5. The molecule has 0 aromatic heterocycles. The maximum absolute atomic E-state index is 13.7. The molecule has 0 bridgehead atoms. The normalized spacial score (nSPS) is 17.6. The second-order valence-corrected chi connectivity index (χ2v) is 9.42. The van der Waals surface area contributed by atoms with Crippen molar-refractivity contribution >= 4 is 55.2 Å². The Labute approximate surface area is 229 Å². The third-order valence-corrected chi connectivity index (χ3v) is 6.34. The molecule has 2 aliphatic rings. The summed E-state index contributed by atoms with van der Waals surface area (Å²) in [5, 5.41) is 14.6. The van der Waals surface area contributed by atoms with E-state index < -0.39 is 57.1 Å². The molecule has 0 radical (unpaired) electrons. The molecular formula is C23H18Br2F5N3O5. The average Bonchev–Trinajstić information content (AvgIpc) is 3.64. The van der Waals surface area contributed by atoms with E-state index in [4.69, 9.17) is 0 Å². The van der Waals surface area contributed by atoms with Crippen LogP contribution in [0.2, 0.25) is 0 Å². The number of rotatable bonds is 2. The van der Waals surface area contributed by atoms with Crippen molar-refractivity contribution < 1.29 is 41.2 Å². The summed E-state index contributed by atoms with van der Waals surface area (Å²) in [4.78, 5) is 32.5. The van der Waals surface area contributed by atoms with Gasteiger partial charge >= 0.3 is 18.2 Å². The summed E-state index contributed by atoms with van der Waals surface area (Å²) < 4.78 is 72.0. The van der Waals surface area contributed by atoms with E-state index in [1.807, 2.05) is 5.32 Å². The Bertz CT molecular complexity index is 1360. The van der Waals surface area contributed by atoms with Crippen molar-refractivity contribution in [2.75, 3.05) is 12.4 Å². The molecule has 2 amide bonds. The number of amides is 2. The second kappa shape index (κ2) is 11.6. The summed E-state index contributed by atoms with van der Waals surface area (Å²) in [5.41, 5.74) is -4.40. The SMILES string of the molecule is C.COC(=O)c1cc(F)c(Br)cc1[N+](=O)[O-].O=C1Nc2cc(Br)c(F)cc2C(C#CC2CC2)(C(F)(F)F)N1. The van der Waals surface area contributed by atoms with Gasteiger partial charge in [0.15, 0.2) is 0 Å². The van der Waals surface area contributed by atoms with Gasteiger partial charge in [0.1, 0.15) is 17.2 Å². The van der Waals surface area contributed by atoms with E-state index in [-0.39, 0.29) is 28.0 Å². The summed E-state index contributed by atoms with van der Waals surface area (Å²) in [6.07, 6.45) is -3.43. The van der Waals surface area contributed by atoms with Crippen LogP contribution in [0.15, 0.2) is 33.2 Å². The van der Waals surface area contributed by atoms with Crippen molar-refractivity contribution in [2.24, 2.45) is 5.92 Å². The number of nitrogens with zero attached hydrogens (tertiary/aromatic N) is 1. The molecular weight excluding hydrogens is 653 g/mol. The third-order valence-electron chi connectivity index (χ3n) is 5.12. The predicted octanol–water partition coefficient (Wildman–Crippen LogP) is 6.81. The molecule has 204 valence electrons. The molecule has 2 aromatic carbocycles. The zero-order valence-corrected chi connectivity index (χ0v) is 21.6. The number of fused-ring (bicyclic) bond motifs is 1. The number of anilines is 1. The van der Waals surface area contributed by atoms with Gasteiger partial charge in [0, 0.05) is 17.5 Å². The number of nitro groups is 1. The van der Waals surface area contributed by atoms with Crippen molar-refractivity contribution in [1.82, 2.24) is 5.32 Å². The molecule has 2 aromatic rings. The quantitative estimate of drug-likeness (QED) is 0.120. The van der Waals surface area contributed by atoms with Gasteiger partial charge in [-0.05, 0) is 62.9 Å². The number of hydrogen-bond donors (Lipinski definition) is 2. The standard InChI is InChI=1S/C14H9BrF4N2O.C8H5BrFNO4.CH4/c15-9-6-11-8(5-10(9)16)13(14(17,18)19,21-12(22)20-11)4-3-7-1-2-7;1-15-8(12)4-2-6(10)5(9)3-7(4)11(13)14;/h5-7H,1-2H2,(H2,20,21,22);2-3H,1H3;1H4. The third kappa shape index (κ3) is 6.41. The number of urea groups is 1. The number of nitro benzene ring substituents is 1. The van der Waals surface area contributed by atoms with Crippen LogP contribution >= 0.6 is 31.9 Å². The summed E-state index contributed by atoms with van der Waals surface area (Å²) in [7, 11) is 1.06. The number of carbonyl (C=O) groups is 2. The highest BCUT2D eigenvalue weighted by Gasteiger charge is 2.59. The van der Waals surface area contributed by atoms with E-state index in [2.05, 4.69) is 53.8 Å². The number of ether oxygens (including phenoxy) is 1. The van der Waals surface area contributed by atoms with Crippen LogP contribution in [0.25, 0.3) is 0 Å². The fourth-order valence-electron chi connectivity index (χ4n) is 3.14. The highest BCUT2D eigenvalue weighted by molar-refractivity contribution is 9.10. The topological polar surface area (TPSA) is 111 Å². The summed E-state index contributed by atoms with van der Waals surface area (Å²) in [6, 6.07) is 2.48. The molecule has 1 fully saturated rings. The zero-order chi connectivity index (χ0) is 27.7. The minimum absolute atomic E-state index is 0. The second-order valence-electron chi connectivity index (χ2n) is 7.71. The van der Waals surface area contributed by atoms with Crippen molar-refractivity contribution in [3.8, 4) is 11.8 Å². The maximum Gasteiger partial charge on any atom is 0.427 e. The number of carbonyl (C=O) groups excluding carboxylic acids is 2. The molecule has 4 rings (SSSR count). The Kier molecular flexibility index (Phi) is 9.49. The van der Waals surface area contributed by atoms with Gasteiger partial charge < -0.3 is 15.4 Å². The van der Waals surface area contributed by atoms with Crippen LogP contribution in [0, 0.1) is 39.5 Å². The number of methoxy groups -OCH3 is 1. The Morgan fingerprint density at radius 1 is 1.16 bits per heavy atom. The van der Waals surface area contributed by atoms with Crippen LogP contribution in [0.5, 0.6) is 0 Å². The molecule has 8 nitrogen and oxygen atoms in total. The number of benzene rings is 2. The van der Waals surface area contributed by atoms with Crippen LogP contribution in [0.1, 0.15) is 36.2 Å². The Morgan fingerprint density at radius 3 is 2.26 bits per heavy atom. The van der Waals surface area contributed by atoms with E-state index in [9.17, 15) is 41.7 Å². The first-order valence-electron chi connectivity index (χ1n) is 10.1. The smallest absolute Gasteiger partial charge is 0.427 e. The van der Waals surface area contributed by atoms with Crippen molar-refractivity contribution in [3.63, 3.8) is 0 Å². The monoisotopic (exact) mass is 669 g/mol. The van der Waals surface area contributed by atoms with Crippen LogP contribution in [-0.2, 0) is 10.3 Å². The molecule has 1 unspecified atom stereocenters. The number of esters is 1. The molecule has 0 spiro atoms. The van der Waals surface area contributed by atoms with Gasteiger partial charge in [0.05, 0.1) is 26.7 Å². The molecule has 1 saturated carbocycles. The average molecular weight is 671 g/mol. The fraction of sp³-hybridized carbons (Fsp3) is 0.304. The first kappa shape index (κ1) is 31.0. The van der Waals surface area contributed by atoms with Crippen LogP contribution < -0.4 is 10.6 Å². The molecule has 1 aliphatic heterocycles. The molecule has 1 aliphatic carbocycles.